The van der Waals surface area contributed by atoms with Crippen molar-refractivity contribution >= 4 is 35.8 Å². The van der Waals surface area contributed by atoms with Crippen molar-refractivity contribution in [1.29, 1.82) is 0 Å². The van der Waals surface area contributed by atoms with E-state index in [2.05, 4.69) is 34.6 Å². The van der Waals surface area contributed by atoms with E-state index in [0.29, 0.717) is 0 Å². The van der Waals surface area contributed by atoms with Crippen LogP contribution in [0.2, 0.25) is 0 Å². The van der Waals surface area contributed by atoms with E-state index in [4.69, 9.17) is 0 Å². The zero-order valence-electron chi connectivity index (χ0n) is 19.6. The smallest absolute Gasteiger partial charge is 0.550 e. The number of aryl methyl sites for hydroxylation is 1. The maximum atomic E-state index is 10.2. The number of benzene rings is 1. The molecule has 0 heterocycles. The van der Waals surface area contributed by atoms with Gasteiger partial charge >= 0.3 is 23.9 Å². The van der Waals surface area contributed by atoms with Gasteiger partial charge in [-0.1, -0.05) is 122 Å². The molecule has 30 heavy (non-hydrogen) atoms. The Bertz CT molecular complexity index is 465. The van der Waals surface area contributed by atoms with Crippen LogP contribution in [-0.2, 0) is 4.79 Å². The van der Waals surface area contributed by atoms with Crippen LogP contribution >= 0.6 is 0 Å². The topological polar surface area (TPSA) is 80.3 Å². The maximum absolute atomic E-state index is 10.2. The third-order valence-corrected chi connectivity index (χ3v) is 3.73. The van der Waals surface area contributed by atoms with Crippen LogP contribution in [0.5, 0.6) is 0 Å². The zero-order valence-corrected chi connectivity index (χ0v) is 22.5. The minimum absolute atomic E-state index is 0. The molecule has 0 saturated heterocycles. The first-order valence-corrected chi connectivity index (χ1v) is 10.9. The van der Waals surface area contributed by atoms with Gasteiger partial charge < -0.3 is 19.8 Å². The number of carbonyl (C=O) groups is 2. The number of unbranched alkanes of at least 4 members (excludes halogenated alkanes) is 7. The first kappa shape index (κ1) is 36.3. The Kier molecular flexibility index (Phi) is 36.5. The molecule has 5 heteroatoms. The number of aromatic carboxylic acids is 1. The number of hydrogen-bond acceptors (Lipinski definition) is 4. The summed E-state index contributed by atoms with van der Waals surface area (Å²) in [5.74, 6) is -2.04. The maximum Gasteiger partial charge on any atom is 2.00 e. The summed E-state index contributed by atoms with van der Waals surface area (Å²) in [6.07, 6.45) is 11.5. The summed E-state index contributed by atoms with van der Waals surface area (Å²) in [6.45, 7) is 15.5. The molecule has 0 spiro atoms. The summed E-state index contributed by atoms with van der Waals surface area (Å²) in [5, 5.41) is 20.2. The molecule has 1 rings (SSSR count). The molecule has 0 aliphatic heterocycles. The van der Waals surface area contributed by atoms with Gasteiger partial charge in [-0.2, -0.15) is 0 Å². The van der Waals surface area contributed by atoms with Crippen molar-refractivity contribution in [2.75, 3.05) is 0 Å². The molecule has 1 aromatic rings. The van der Waals surface area contributed by atoms with E-state index in [1.54, 1.807) is 12.1 Å². The Morgan fingerprint density at radius 3 is 1.50 bits per heavy atom. The van der Waals surface area contributed by atoms with Gasteiger partial charge in [-0.05, 0) is 25.3 Å². The van der Waals surface area contributed by atoms with E-state index in [1.807, 2.05) is 6.92 Å². The second-order valence-corrected chi connectivity index (χ2v) is 6.75. The fourth-order valence-electron chi connectivity index (χ4n) is 1.74. The van der Waals surface area contributed by atoms with Crippen molar-refractivity contribution in [3.63, 3.8) is 0 Å². The molecule has 4 nitrogen and oxygen atoms in total. The fourth-order valence-corrected chi connectivity index (χ4v) is 1.74. The number of carboxylic acids is 2. The standard InChI is InChI=1S/C9H18O2.C8H8O2.2C4H9.Sn/c1-2-3-4-5-6-7-8-9(10)11;1-6-2-4-7(5-3-6)8(9)10;2*1-3-4-2;/h2-8H2,1H3,(H,10,11);2-5H,1H3,(H,9,10);2*1,3-4H2,2H3;/q;;;;+2/p-2. The second-order valence-electron chi connectivity index (χ2n) is 6.75. The Morgan fingerprint density at radius 1 is 0.767 bits per heavy atom. The van der Waals surface area contributed by atoms with Gasteiger partial charge in [-0.3, -0.25) is 0 Å². The first-order valence-electron chi connectivity index (χ1n) is 10.9. The minimum Gasteiger partial charge on any atom is -0.550 e. The van der Waals surface area contributed by atoms with Crippen molar-refractivity contribution < 1.29 is 19.8 Å². The number of hydrogen-bond donors (Lipinski definition) is 0. The van der Waals surface area contributed by atoms with Crippen LogP contribution in [0.1, 0.15) is 107 Å². The summed E-state index contributed by atoms with van der Waals surface area (Å²) in [4.78, 5) is 20.2. The van der Waals surface area contributed by atoms with Crippen LogP contribution in [0.4, 0.5) is 0 Å². The fraction of sp³-hybridized carbons (Fsp3) is 0.600. The molecule has 1 aromatic carbocycles. The first-order chi connectivity index (χ1) is 13.8. The zero-order chi connectivity index (χ0) is 22.9. The summed E-state index contributed by atoms with van der Waals surface area (Å²) in [7, 11) is 0. The van der Waals surface area contributed by atoms with Crippen molar-refractivity contribution in [2.45, 2.75) is 98.3 Å². The normalized spacial score (nSPS) is 8.73. The van der Waals surface area contributed by atoms with Crippen molar-refractivity contribution in [1.82, 2.24) is 0 Å². The SMILES string of the molecule is CCCCCCCCC(=O)[O-].Cc1ccc(C(=O)[O-])cc1.[CH2]CCC.[CH2]CCC.[Sn+2]. The number of aliphatic carboxylic acids is 1. The van der Waals surface area contributed by atoms with Crippen LogP contribution in [0.15, 0.2) is 24.3 Å². The van der Waals surface area contributed by atoms with E-state index >= 15 is 0 Å². The average Bonchev–Trinajstić information content (AvgIpc) is 2.71. The van der Waals surface area contributed by atoms with E-state index in [-0.39, 0.29) is 35.9 Å². The molecule has 0 atom stereocenters. The van der Waals surface area contributed by atoms with E-state index in [1.165, 1.54) is 50.7 Å². The van der Waals surface area contributed by atoms with Gasteiger partial charge in [0.1, 0.15) is 0 Å². The number of rotatable bonds is 10. The van der Waals surface area contributed by atoms with Crippen LogP contribution in [0, 0.1) is 20.8 Å². The molecule has 0 aromatic heterocycles. The van der Waals surface area contributed by atoms with Crippen LogP contribution in [0.3, 0.4) is 0 Å². The molecular weight excluding hydrogens is 483 g/mol. The monoisotopic (exact) mass is 526 g/mol. The van der Waals surface area contributed by atoms with Gasteiger partial charge in [0, 0.05) is 5.97 Å². The van der Waals surface area contributed by atoms with Crippen molar-refractivity contribution in [3.05, 3.63) is 49.2 Å². The largest absolute Gasteiger partial charge is 2.00 e. The Morgan fingerprint density at radius 2 is 1.17 bits per heavy atom. The number of carboxylic acid groups (broad SMARTS) is 2. The summed E-state index contributed by atoms with van der Waals surface area (Å²) < 4.78 is 0. The van der Waals surface area contributed by atoms with Crippen LogP contribution in [-0.4, -0.2) is 35.8 Å². The minimum atomic E-state index is -1.12. The molecule has 0 N–H and O–H groups in total. The van der Waals surface area contributed by atoms with Gasteiger partial charge in [-0.25, -0.2) is 0 Å². The molecular formula is C25H42O4Sn. The molecule has 170 valence electrons. The summed E-state index contributed by atoms with van der Waals surface area (Å²) in [5.41, 5.74) is 1.27. The Balaban J connectivity index is -0.000000163. The second kappa shape index (κ2) is 30.2. The quantitative estimate of drug-likeness (QED) is 0.328. The van der Waals surface area contributed by atoms with Gasteiger partial charge in [0.2, 0.25) is 0 Å². The predicted octanol–water partition coefficient (Wildman–Crippen LogP) is 4.71. The molecule has 0 fully saturated rings. The van der Waals surface area contributed by atoms with E-state index in [0.717, 1.165) is 31.2 Å². The van der Waals surface area contributed by atoms with E-state index < -0.39 is 11.9 Å². The molecule has 0 aliphatic carbocycles. The predicted molar refractivity (Wildman–Crippen MR) is 125 cm³/mol. The number of carbonyl (C=O) groups excluding carboxylic acids is 2. The third kappa shape index (κ3) is 34.5. The van der Waals surface area contributed by atoms with Crippen LogP contribution < -0.4 is 10.2 Å². The molecule has 4 radical (unpaired) electrons. The van der Waals surface area contributed by atoms with E-state index in [9.17, 15) is 19.8 Å². The van der Waals surface area contributed by atoms with Crippen LogP contribution in [0.25, 0.3) is 0 Å². The van der Waals surface area contributed by atoms with Gasteiger partial charge in [-0.15, -0.1) is 0 Å². The van der Waals surface area contributed by atoms with Gasteiger partial charge in [0.25, 0.3) is 0 Å². The van der Waals surface area contributed by atoms with Gasteiger partial charge in [0.15, 0.2) is 0 Å². The van der Waals surface area contributed by atoms with Crippen molar-refractivity contribution in [2.24, 2.45) is 0 Å². The molecule has 0 unspecified atom stereocenters. The summed E-state index contributed by atoms with van der Waals surface area (Å²) in [6, 6.07) is 6.55. The third-order valence-electron chi connectivity index (χ3n) is 3.73. The Hall–Kier alpha value is -1.04. The van der Waals surface area contributed by atoms with Crippen molar-refractivity contribution in [3.8, 4) is 0 Å². The average molecular weight is 525 g/mol. The molecule has 0 aliphatic rings. The molecule has 0 bridgehead atoms. The molecule has 0 amide bonds. The Labute approximate surface area is 202 Å². The molecule has 0 saturated carbocycles. The summed E-state index contributed by atoms with van der Waals surface area (Å²) >= 11 is 0. The van der Waals surface area contributed by atoms with Gasteiger partial charge in [0.05, 0.1) is 5.97 Å².